The number of hydrogen-bond donors (Lipinski definition) is 1. The van der Waals surface area contributed by atoms with Gasteiger partial charge in [0.1, 0.15) is 11.6 Å². The third-order valence-corrected chi connectivity index (χ3v) is 14.2. The molecule has 2 aromatic heterocycles. The van der Waals surface area contributed by atoms with E-state index >= 15 is 0 Å². The molecule has 0 unspecified atom stereocenters. The molecular formula is C42H51Cl3F2N6O8S2. The highest BCUT2D eigenvalue weighted by Crippen LogP contribution is 2.28. The number of likely N-dealkylation sites (tertiary alicyclic amines) is 1. The van der Waals surface area contributed by atoms with Gasteiger partial charge in [-0.2, -0.15) is 0 Å². The Labute approximate surface area is 382 Å². The van der Waals surface area contributed by atoms with E-state index in [0.717, 1.165) is 42.4 Å². The highest BCUT2D eigenvalue weighted by molar-refractivity contribution is 7.93. The van der Waals surface area contributed by atoms with Gasteiger partial charge < -0.3 is 19.7 Å². The summed E-state index contributed by atoms with van der Waals surface area (Å²) in [7, 11) is -4.97. The van der Waals surface area contributed by atoms with E-state index < -0.39 is 43.6 Å². The van der Waals surface area contributed by atoms with E-state index in [-0.39, 0.29) is 69.4 Å². The van der Waals surface area contributed by atoms with E-state index in [9.17, 15) is 35.2 Å². The Morgan fingerprint density at radius 1 is 0.698 bits per heavy atom. The van der Waals surface area contributed by atoms with Gasteiger partial charge in [0.2, 0.25) is 20.0 Å². The number of aromatic nitrogens is 2. The molecule has 2 saturated heterocycles. The van der Waals surface area contributed by atoms with Gasteiger partial charge >= 0.3 is 11.9 Å². The monoisotopic (exact) mass is 974 g/mol. The molecule has 2 aliphatic heterocycles. The van der Waals surface area contributed by atoms with E-state index in [1.165, 1.54) is 99.3 Å². The second-order valence-corrected chi connectivity index (χ2v) is 19.5. The van der Waals surface area contributed by atoms with Crippen LogP contribution in [0.15, 0.2) is 73.1 Å². The number of carbonyl (C=O) groups is 2. The number of esters is 2. The first-order chi connectivity index (χ1) is 30.1. The first kappa shape index (κ1) is 51.5. The third-order valence-electron chi connectivity index (χ3n) is 9.73. The summed E-state index contributed by atoms with van der Waals surface area (Å²) in [5.74, 6) is -2.42. The highest BCUT2D eigenvalue weighted by Gasteiger charge is 2.26. The minimum atomic E-state index is -3.76. The van der Waals surface area contributed by atoms with E-state index in [1.54, 1.807) is 6.07 Å². The molecule has 2 aromatic carbocycles. The van der Waals surface area contributed by atoms with Crippen molar-refractivity contribution in [1.82, 2.24) is 20.2 Å². The Balaban J connectivity index is 0.000000250. The largest absolute Gasteiger partial charge is 0.465 e. The lowest BCUT2D eigenvalue weighted by Gasteiger charge is -2.25. The van der Waals surface area contributed by atoms with Gasteiger partial charge in [0.25, 0.3) is 0 Å². The fourth-order valence-electron chi connectivity index (χ4n) is 6.35. The van der Waals surface area contributed by atoms with Crippen LogP contribution in [-0.4, -0.2) is 108 Å². The molecule has 21 heteroatoms. The number of hydrogen-bond acceptors (Lipinski definition) is 12. The van der Waals surface area contributed by atoms with Crippen molar-refractivity contribution in [1.29, 1.82) is 0 Å². The molecule has 0 saturated carbocycles. The van der Waals surface area contributed by atoms with Crippen molar-refractivity contribution in [2.24, 2.45) is 0 Å². The fraction of sp³-hybridized carbons (Fsp3) is 0.429. The zero-order valence-electron chi connectivity index (χ0n) is 35.0. The standard InChI is InChI=1S/C21H25ClFN3O4S.C17H17Cl2FN2O4S.C4H9N/c1-30-21(27)16-5-6-17(24-14-16)15-26(18-7-8-20(23)19(22)13-18)31(28,29)12-4-11-25-9-2-3-10-25;1-26-17(23)12-3-4-13(21-10-12)11-22(27(24,25)8-2-7-18)14-5-6-16(20)15(19)9-14;1-2-4-5-3-1/h5-8,13-14H,2-4,9-12,15H2,1H3;3-6,9-10H,2,7-8,11H2,1H3;5H,1-4H2. The summed E-state index contributed by atoms with van der Waals surface area (Å²) in [6.45, 7) is 5.01. The van der Waals surface area contributed by atoms with Crippen LogP contribution < -0.4 is 13.9 Å². The normalized spacial score (nSPS) is 13.9. The molecule has 0 atom stereocenters. The van der Waals surface area contributed by atoms with Gasteiger partial charge in [-0.3, -0.25) is 18.6 Å². The summed E-state index contributed by atoms with van der Waals surface area (Å²) in [4.78, 5) is 33.6. The van der Waals surface area contributed by atoms with Gasteiger partial charge in [-0.25, -0.2) is 35.2 Å². The lowest BCUT2D eigenvalue weighted by Crippen LogP contribution is -2.34. The van der Waals surface area contributed by atoms with Crippen LogP contribution in [0.1, 0.15) is 70.6 Å². The molecule has 344 valence electrons. The Bertz CT molecular complexity index is 2320. The topological polar surface area (TPSA) is 168 Å². The van der Waals surface area contributed by atoms with Gasteiger partial charge in [0.05, 0.1) is 82.7 Å². The van der Waals surface area contributed by atoms with Crippen LogP contribution in [0.2, 0.25) is 10.0 Å². The number of anilines is 2. The van der Waals surface area contributed by atoms with Crippen molar-refractivity contribution in [2.45, 2.75) is 51.6 Å². The number of nitrogens with one attached hydrogen (secondary N) is 1. The molecule has 0 radical (unpaired) electrons. The van der Waals surface area contributed by atoms with Crippen LogP contribution in [0.5, 0.6) is 0 Å². The summed E-state index contributed by atoms with van der Waals surface area (Å²) in [6.07, 6.45) is 8.42. The quantitative estimate of drug-likeness (QED) is 0.0820. The number of nitrogens with zero attached hydrogens (tertiary/aromatic N) is 5. The van der Waals surface area contributed by atoms with Crippen LogP contribution in [0.3, 0.4) is 0 Å². The summed E-state index contributed by atoms with van der Waals surface area (Å²) < 4.78 is 90.5. The number of alkyl halides is 1. The first-order valence-corrected chi connectivity index (χ1v) is 24.6. The molecule has 6 rings (SSSR count). The second kappa shape index (κ2) is 25.4. The average Bonchev–Trinajstić information content (AvgIpc) is 4.05. The maximum atomic E-state index is 13.7. The Kier molecular flexibility index (Phi) is 20.7. The second-order valence-electron chi connectivity index (χ2n) is 14.3. The van der Waals surface area contributed by atoms with Gasteiger partial charge in [0.15, 0.2) is 0 Å². The molecular weight excluding hydrogens is 925 g/mol. The lowest BCUT2D eigenvalue weighted by atomic mass is 10.2. The number of benzene rings is 2. The average molecular weight is 976 g/mol. The zero-order valence-corrected chi connectivity index (χ0v) is 38.9. The van der Waals surface area contributed by atoms with Crippen LogP contribution >= 0.6 is 34.8 Å². The molecule has 14 nitrogen and oxygen atoms in total. The molecule has 0 amide bonds. The highest BCUT2D eigenvalue weighted by atomic mass is 35.5. The first-order valence-electron chi connectivity index (χ1n) is 20.0. The maximum absolute atomic E-state index is 13.7. The third kappa shape index (κ3) is 16.1. The van der Waals surface area contributed by atoms with Crippen molar-refractivity contribution in [2.75, 3.05) is 72.9 Å². The van der Waals surface area contributed by atoms with Crippen LogP contribution in [0.25, 0.3) is 0 Å². The van der Waals surface area contributed by atoms with Gasteiger partial charge in [0, 0.05) is 18.3 Å². The molecule has 63 heavy (non-hydrogen) atoms. The molecule has 0 spiro atoms. The number of rotatable bonds is 17. The minimum absolute atomic E-state index is 0.0568. The van der Waals surface area contributed by atoms with Crippen molar-refractivity contribution < 1.29 is 44.7 Å². The summed E-state index contributed by atoms with van der Waals surface area (Å²) in [5.41, 5.74) is 1.77. The Morgan fingerprint density at radius 2 is 1.14 bits per heavy atom. The number of pyridine rings is 2. The van der Waals surface area contributed by atoms with Crippen LogP contribution in [0.4, 0.5) is 20.2 Å². The fourth-order valence-corrected chi connectivity index (χ4v) is 9.96. The van der Waals surface area contributed by atoms with Gasteiger partial charge in [-0.1, -0.05) is 23.2 Å². The molecule has 1 N–H and O–H groups in total. The number of carbonyl (C=O) groups excluding carboxylic acids is 2. The Hall–Kier alpha value is -4.17. The zero-order chi connectivity index (χ0) is 46.0. The smallest absolute Gasteiger partial charge is 0.339 e. The van der Waals surface area contributed by atoms with Crippen molar-refractivity contribution in [3.8, 4) is 0 Å². The van der Waals surface area contributed by atoms with E-state index in [2.05, 4.69) is 29.7 Å². The predicted octanol–water partition coefficient (Wildman–Crippen LogP) is 7.48. The minimum Gasteiger partial charge on any atom is -0.465 e. The van der Waals surface area contributed by atoms with Crippen molar-refractivity contribution in [3.63, 3.8) is 0 Å². The van der Waals surface area contributed by atoms with Crippen molar-refractivity contribution in [3.05, 3.63) is 117 Å². The van der Waals surface area contributed by atoms with Crippen molar-refractivity contribution >= 4 is 78.2 Å². The summed E-state index contributed by atoms with van der Waals surface area (Å²) >= 11 is 17.3. The van der Waals surface area contributed by atoms with Crippen LogP contribution in [-0.2, 0) is 42.6 Å². The number of halogens is 5. The molecule has 2 fully saturated rings. The summed E-state index contributed by atoms with van der Waals surface area (Å²) in [6, 6.07) is 13.5. The SMILES string of the molecule is C1CCNC1.COC(=O)c1ccc(CN(c2ccc(F)c(Cl)c2)S(=O)(=O)CCCCl)nc1.COC(=O)c1ccc(CN(c2ccc(F)c(Cl)c2)S(=O)(=O)CCCN2CCCC2)nc1. The number of sulfonamides is 2. The van der Waals surface area contributed by atoms with E-state index in [4.69, 9.17) is 34.8 Å². The molecule has 4 aromatic rings. The van der Waals surface area contributed by atoms with E-state index in [0.29, 0.717) is 24.4 Å². The Morgan fingerprint density at radius 3 is 1.49 bits per heavy atom. The lowest BCUT2D eigenvalue weighted by molar-refractivity contribution is 0.0591. The number of ether oxygens (including phenoxy) is 2. The molecule has 2 aliphatic rings. The predicted molar refractivity (Wildman–Crippen MR) is 242 cm³/mol. The van der Waals surface area contributed by atoms with Crippen LogP contribution in [0, 0.1) is 11.6 Å². The summed E-state index contributed by atoms with van der Waals surface area (Å²) in [5, 5.41) is 2.86. The number of methoxy groups -OCH3 is 2. The van der Waals surface area contributed by atoms with E-state index in [1.807, 2.05) is 0 Å². The molecule has 4 heterocycles. The molecule has 0 aliphatic carbocycles. The van der Waals surface area contributed by atoms with Gasteiger partial charge in [-0.05, 0) is 132 Å². The maximum Gasteiger partial charge on any atom is 0.339 e. The molecule has 0 bridgehead atoms. The van der Waals surface area contributed by atoms with Gasteiger partial charge in [-0.15, -0.1) is 11.6 Å².